The summed E-state index contributed by atoms with van der Waals surface area (Å²) in [7, 11) is 0. The molecule has 1 unspecified atom stereocenters. The maximum atomic E-state index is 12.8. The Morgan fingerprint density at radius 3 is 2.70 bits per heavy atom. The molecule has 0 spiro atoms. The SMILES string of the molecule is CCCn1c(SC(C)C(=O)N2CCC(C(N)=O)CC2)nc2cc(Cl)ccc21. The molecule has 0 radical (unpaired) electrons. The van der Waals surface area contributed by atoms with Crippen molar-refractivity contribution in [3.05, 3.63) is 23.2 Å². The molecule has 8 heteroatoms. The van der Waals surface area contributed by atoms with E-state index in [9.17, 15) is 9.59 Å². The number of imidazole rings is 1. The average molecular weight is 409 g/mol. The van der Waals surface area contributed by atoms with Crippen LogP contribution < -0.4 is 5.73 Å². The molecule has 2 amide bonds. The first-order chi connectivity index (χ1) is 12.9. The Bertz CT molecular complexity index is 846. The van der Waals surface area contributed by atoms with E-state index < -0.39 is 0 Å². The predicted octanol–water partition coefficient (Wildman–Crippen LogP) is 3.30. The maximum Gasteiger partial charge on any atom is 0.235 e. The van der Waals surface area contributed by atoms with Gasteiger partial charge in [-0.2, -0.15) is 0 Å². The third-order valence-corrected chi connectivity index (χ3v) is 6.27. The monoisotopic (exact) mass is 408 g/mol. The minimum absolute atomic E-state index is 0.0797. The van der Waals surface area contributed by atoms with Gasteiger partial charge < -0.3 is 15.2 Å². The Morgan fingerprint density at radius 1 is 1.37 bits per heavy atom. The number of piperidine rings is 1. The fourth-order valence-electron chi connectivity index (χ4n) is 3.46. The van der Waals surface area contributed by atoms with Gasteiger partial charge in [0.1, 0.15) is 0 Å². The maximum absolute atomic E-state index is 12.8. The summed E-state index contributed by atoms with van der Waals surface area (Å²) in [5.74, 6) is -0.303. The number of likely N-dealkylation sites (tertiary alicyclic amines) is 1. The Hall–Kier alpha value is -1.73. The molecule has 1 aliphatic rings. The second-order valence-corrected chi connectivity index (χ2v) is 8.69. The first kappa shape index (κ1) is 20.0. The van der Waals surface area contributed by atoms with E-state index in [2.05, 4.69) is 11.5 Å². The Morgan fingerprint density at radius 2 is 2.07 bits per heavy atom. The largest absolute Gasteiger partial charge is 0.369 e. The highest BCUT2D eigenvalue weighted by Crippen LogP contribution is 2.30. The lowest BCUT2D eigenvalue weighted by atomic mass is 9.96. The van der Waals surface area contributed by atoms with Crippen molar-refractivity contribution in [2.24, 2.45) is 11.7 Å². The molecular weight excluding hydrogens is 384 g/mol. The van der Waals surface area contributed by atoms with E-state index in [0.717, 1.165) is 29.2 Å². The van der Waals surface area contributed by atoms with Crippen LogP contribution in [0, 0.1) is 5.92 Å². The van der Waals surface area contributed by atoms with E-state index in [0.29, 0.717) is 31.0 Å². The topological polar surface area (TPSA) is 81.2 Å². The summed E-state index contributed by atoms with van der Waals surface area (Å²) in [5.41, 5.74) is 7.26. The Labute approximate surface area is 168 Å². The van der Waals surface area contributed by atoms with Crippen molar-refractivity contribution >= 4 is 46.2 Å². The molecular formula is C19H25ClN4O2S. The van der Waals surface area contributed by atoms with Gasteiger partial charge in [-0.25, -0.2) is 4.98 Å². The van der Waals surface area contributed by atoms with Crippen molar-refractivity contribution in [2.45, 2.75) is 50.1 Å². The molecule has 1 saturated heterocycles. The van der Waals surface area contributed by atoms with Crippen molar-refractivity contribution < 1.29 is 9.59 Å². The molecule has 3 rings (SSSR count). The molecule has 0 bridgehead atoms. The van der Waals surface area contributed by atoms with Crippen molar-refractivity contribution in [3.8, 4) is 0 Å². The summed E-state index contributed by atoms with van der Waals surface area (Å²) < 4.78 is 2.15. The van der Waals surface area contributed by atoms with Crippen LogP contribution in [0.25, 0.3) is 11.0 Å². The van der Waals surface area contributed by atoms with Gasteiger partial charge in [-0.05, 0) is 44.4 Å². The van der Waals surface area contributed by atoms with Crippen LogP contribution in [0.15, 0.2) is 23.4 Å². The van der Waals surface area contributed by atoms with Crippen molar-refractivity contribution in [3.63, 3.8) is 0 Å². The van der Waals surface area contributed by atoms with Crippen LogP contribution >= 0.6 is 23.4 Å². The number of aromatic nitrogens is 2. The smallest absolute Gasteiger partial charge is 0.235 e. The summed E-state index contributed by atoms with van der Waals surface area (Å²) in [4.78, 5) is 30.7. The van der Waals surface area contributed by atoms with Gasteiger partial charge in [0.25, 0.3) is 0 Å². The fourth-order valence-corrected chi connectivity index (χ4v) is 4.66. The molecule has 1 aliphatic heterocycles. The van der Waals surface area contributed by atoms with Gasteiger partial charge in [-0.15, -0.1) is 0 Å². The summed E-state index contributed by atoms with van der Waals surface area (Å²) in [6.45, 7) is 6.03. The van der Waals surface area contributed by atoms with Crippen LogP contribution in [-0.4, -0.2) is 44.6 Å². The van der Waals surface area contributed by atoms with Crippen LogP contribution in [0.1, 0.15) is 33.1 Å². The summed E-state index contributed by atoms with van der Waals surface area (Å²) in [6.07, 6.45) is 2.27. The molecule has 6 nitrogen and oxygen atoms in total. The zero-order valence-electron chi connectivity index (χ0n) is 15.7. The van der Waals surface area contributed by atoms with Gasteiger partial charge in [-0.1, -0.05) is 30.3 Å². The number of carbonyl (C=O) groups excluding carboxylic acids is 2. The molecule has 0 saturated carbocycles. The third-order valence-electron chi connectivity index (χ3n) is 4.96. The molecule has 27 heavy (non-hydrogen) atoms. The standard InChI is InChI=1S/C19H25ClN4O2S/c1-3-8-24-16-5-4-14(20)11-15(16)22-19(24)27-12(2)18(26)23-9-6-13(7-10-23)17(21)25/h4-5,11-13H,3,6-10H2,1-2H3,(H2,21,25). The zero-order valence-corrected chi connectivity index (χ0v) is 17.2. The van der Waals surface area contributed by atoms with Gasteiger partial charge in [0.15, 0.2) is 5.16 Å². The van der Waals surface area contributed by atoms with Crippen molar-refractivity contribution in [1.82, 2.24) is 14.5 Å². The molecule has 1 atom stereocenters. The minimum Gasteiger partial charge on any atom is -0.369 e. The number of carbonyl (C=O) groups is 2. The predicted molar refractivity (Wildman–Crippen MR) is 109 cm³/mol. The number of fused-ring (bicyclic) bond motifs is 1. The molecule has 1 aromatic heterocycles. The van der Waals surface area contributed by atoms with Gasteiger partial charge in [0, 0.05) is 30.6 Å². The van der Waals surface area contributed by atoms with Crippen LogP contribution in [0.2, 0.25) is 5.02 Å². The number of primary amides is 1. The van der Waals surface area contributed by atoms with E-state index in [1.165, 1.54) is 11.8 Å². The summed E-state index contributed by atoms with van der Waals surface area (Å²) in [6, 6.07) is 5.70. The molecule has 146 valence electrons. The second kappa shape index (κ2) is 8.52. The fraction of sp³-hybridized carbons (Fsp3) is 0.526. The lowest BCUT2D eigenvalue weighted by Gasteiger charge is -2.32. The molecule has 0 aliphatic carbocycles. The van der Waals surface area contributed by atoms with E-state index in [1.54, 1.807) is 0 Å². The van der Waals surface area contributed by atoms with Gasteiger partial charge in [0.2, 0.25) is 11.8 Å². The van der Waals surface area contributed by atoms with Crippen molar-refractivity contribution in [1.29, 1.82) is 0 Å². The van der Waals surface area contributed by atoms with E-state index >= 15 is 0 Å². The van der Waals surface area contributed by atoms with Gasteiger partial charge in [0.05, 0.1) is 16.3 Å². The second-order valence-electron chi connectivity index (χ2n) is 6.94. The Balaban J connectivity index is 1.73. The number of benzene rings is 1. The number of aryl methyl sites for hydroxylation is 1. The molecule has 2 heterocycles. The van der Waals surface area contributed by atoms with Crippen LogP contribution in [0.5, 0.6) is 0 Å². The normalized spacial score (nSPS) is 16.6. The first-order valence-electron chi connectivity index (χ1n) is 9.31. The first-order valence-corrected chi connectivity index (χ1v) is 10.6. The number of thioether (sulfide) groups is 1. The highest BCUT2D eigenvalue weighted by molar-refractivity contribution is 8.00. The number of nitrogens with two attached hydrogens (primary N) is 1. The number of hydrogen-bond donors (Lipinski definition) is 1. The number of nitrogens with zero attached hydrogens (tertiary/aromatic N) is 3. The molecule has 2 aromatic rings. The van der Waals surface area contributed by atoms with Crippen molar-refractivity contribution in [2.75, 3.05) is 13.1 Å². The molecule has 1 fully saturated rings. The van der Waals surface area contributed by atoms with Gasteiger partial charge >= 0.3 is 0 Å². The quantitative estimate of drug-likeness (QED) is 0.743. The number of halogens is 1. The number of rotatable bonds is 6. The minimum atomic E-state index is -0.267. The van der Waals surface area contributed by atoms with Crippen LogP contribution in [-0.2, 0) is 16.1 Å². The number of hydrogen-bond acceptors (Lipinski definition) is 4. The highest BCUT2D eigenvalue weighted by Gasteiger charge is 2.29. The third kappa shape index (κ3) is 4.41. The lowest BCUT2D eigenvalue weighted by molar-refractivity contribution is -0.134. The summed E-state index contributed by atoms with van der Waals surface area (Å²) in [5, 5.41) is 1.24. The molecule has 1 aromatic carbocycles. The van der Waals surface area contributed by atoms with E-state index in [1.807, 2.05) is 30.0 Å². The molecule has 2 N–H and O–H groups in total. The van der Waals surface area contributed by atoms with Gasteiger partial charge in [-0.3, -0.25) is 9.59 Å². The summed E-state index contributed by atoms with van der Waals surface area (Å²) >= 11 is 7.58. The number of amides is 2. The lowest BCUT2D eigenvalue weighted by Crippen LogP contribution is -2.44. The average Bonchev–Trinajstić information content (AvgIpc) is 2.97. The highest BCUT2D eigenvalue weighted by atomic mass is 35.5. The van der Waals surface area contributed by atoms with E-state index in [-0.39, 0.29) is 23.0 Å². The van der Waals surface area contributed by atoms with E-state index in [4.69, 9.17) is 22.3 Å². The Kier molecular flexibility index (Phi) is 6.32. The zero-order chi connectivity index (χ0) is 19.6. The van der Waals surface area contributed by atoms with Crippen LogP contribution in [0.4, 0.5) is 0 Å². The van der Waals surface area contributed by atoms with Crippen LogP contribution in [0.3, 0.4) is 0 Å².